The number of alkyl halides is 3. The van der Waals surface area contributed by atoms with Crippen molar-refractivity contribution in [2.75, 3.05) is 26.1 Å². The van der Waals surface area contributed by atoms with Crippen LogP contribution in [0.25, 0.3) is 11.3 Å². The number of carbonyl (C=O) groups excluding carboxylic acids is 1. The van der Waals surface area contributed by atoms with Crippen molar-refractivity contribution in [3.8, 4) is 17.0 Å². The Labute approximate surface area is 194 Å². The molecule has 5 N–H and O–H groups in total. The molecule has 1 aromatic heterocycles. The summed E-state index contributed by atoms with van der Waals surface area (Å²) in [6.07, 6.45) is -3.38. The first-order valence-electron chi connectivity index (χ1n) is 10.7. The van der Waals surface area contributed by atoms with Crippen LogP contribution in [0.2, 0.25) is 0 Å². The number of phenols is 1. The smallest absolute Gasteiger partial charge is 0.416 e. The molecule has 0 bridgehead atoms. The maximum atomic E-state index is 13.2. The Morgan fingerprint density at radius 3 is 2.59 bits per heavy atom. The van der Waals surface area contributed by atoms with Gasteiger partial charge in [0.05, 0.1) is 19.3 Å². The average molecular weight is 483 g/mol. The van der Waals surface area contributed by atoms with Crippen molar-refractivity contribution in [2.45, 2.75) is 51.2 Å². The van der Waals surface area contributed by atoms with Gasteiger partial charge in [0, 0.05) is 37.4 Å². The highest BCUT2D eigenvalue weighted by atomic mass is 19.4. The lowest BCUT2D eigenvalue weighted by Crippen LogP contribution is -2.48. The van der Waals surface area contributed by atoms with Gasteiger partial charge in [-0.15, -0.1) is 10.2 Å². The zero-order valence-corrected chi connectivity index (χ0v) is 19.1. The number of hydrogen-bond acceptors (Lipinski definition) is 9. The lowest BCUT2D eigenvalue weighted by molar-refractivity contribution is -0.143. The van der Waals surface area contributed by atoms with Crippen molar-refractivity contribution in [2.24, 2.45) is 5.73 Å². The third-order valence-corrected chi connectivity index (χ3v) is 5.85. The summed E-state index contributed by atoms with van der Waals surface area (Å²) in [7, 11) is 2.69. The number of benzene rings is 1. The molecular weight excluding hydrogens is 455 g/mol. The molecule has 0 spiro atoms. The van der Waals surface area contributed by atoms with E-state index in [1.165, 1.54) is 14.2 Å². The third kappa shape index (κ3) is 5.40. The second-order valence-corrected chi connectivity index (χ2v) is 8.07. The highest BCUT2D eigenvalue weighted by Gasteiger charge is 2.33. The van der Waals surface area contributed by atoms with E-state index < -0.39 is 17.5 Å². The van der Waals surface area contributed by atoms with Crippen LogP contribution in [-0.4, -0.2) is 54.1 Å². The van der Waals surface area contributed by atoms with E-state index in [0.29, 0.717) is 42.4 Å². The first-order valence-corrected chi connectivity index (χ1v) is 10.7. The number of phenolic OH excluding ortho intramolecular Hbond substituents is 1. The molecular formula is C22H28F3N5O4. The van der Waals surface area contributed by atoms with Crippen molar-refractivity contribution in [3.63, 3.8) is 0 Å². The molecule has 0 radical (unpaired) electrons. The normalized spacial score (nSPS) is 18.6. The zero-order chi connectivity index (χ0) is 25.0. The molecule has 2 atom stereocenters. The van der Waals surface area contributed by atoms with Crippen molar-refractivity contribution < 1.29 is 32.5 Å². The Balaban J connectivity index is 1.93. The molecule has 12 heteroatoms. The van der Waals surface area contributed by atoms with E-state index in [1.807, 2.05) is 0 Å². The van der Waals surface area contributed by atoms with Gasteiger partial charge in [0.1, 0.15) is 17.5 Å². The van der Waals surface area contributed by atoms with E-state index in [4.69, 9.17) is 15.2 Å². The van der Waals surface area contributed by atoms with E-state index >= 15 is 0 Å². The largest absolute Gasteiger partial charge is 0.507 e. The van der Waals surface area contributed by atoms with Gasteiger partial charge in [-0.05, 0) is 43.0 Å². The number of piperidine rings is 1. The maximum Gasteiger partial charge on any atom is 0.416 e. The summed E-state index contributed by atoms with van der Waals surface area (Å²) in [5, 5.41) is 25.4. The van der Waals surface area contributed by atoms with Crippen LogP contribution >= 0.6 is 0 Å². The van der Waals surface area contributed by atoms with Gasteiger partial charge in [-0.1, -0.05) is 0 Å². The fraction of sp³-hybridized carbons (Fsp3) is 0.500. The topological polar surface area (TPSA) is 132 Å². The van der Waals surface area contributed by atoms with Crippen LogP contribution in [0.15, 0.2) is 12.1 Å². The second kappa shape index (κ2) is 10.5. The Kier molecular flexibility index (Phi) is 7.95. The van der Waals surface area contributed by atoms with Gasteiger partial charge < -0.3 is 30.9 Å². The first-order chi connectivity index (χ1) is 16.1. The Bertz CT molecular complexity index is 1040. The SMILES string of the molecule is COCc1cc(C(F)(F)F)cc(O)c1-c1nnc(N[C@@H]2CC[C@@H](C(=O)OC)NC2)c(CN)c1C. The number of hydrogen-bond donors (Lipinski definition) is 4. The number of rotatable bonds is 7. The van der Waals surface area contributed by atoms with Crippen LogP contribution < -0.4 is 16.4 Å². The first kappa shape index (κ1) is 25.7. The third-order valence-electron chi connectivity index (χ3n) is 5.85. The van der Waals surface area contributed by atoms with Gasteiger partial charge in [-0.25, -0.2) is 0 Å². The van der Waals surface area contributed by atoms with E-state index in [2.05, 4.69) is 20.8 Å². The van der Waals surface area contributed by atoms with Gasteiger partial charge in [0.2, 0.25) is 0 Å². The molecule has 0 aliphatic carbocycles. The number of aromatic hydroxyl groups is 1. The summed E-state index contributed by atoms with van der Waals surface area (Å²) in [5.41, 5.74) is 6.64. The quantitative estimate of drug-likeness (QED) is 0.439. The number of methoxy groups -OCH3 is 2. The second-order valence-electron chi connectivity index (χ2n) is 8.07. The number of aromatic nitrogens is 2. The lowest BCUT2D eigenvalue weighted by Gasteiger charge is -2.30. The fourth-order valence-corrected chi connectivity index (χ4v) is 4.07. The number of carbonyl (C=O) groups is 1. The molecule has 186 valence electrons. The number of nitrogens with zero attached hydrogens (tertiary/aromatic N) is 2. The van der Waals surface area contributed by atoms with E-state index in [9.17, 15) is 23.1 Å². The minimum absolute atomic E-state index is 0.0470. The molecule has 1 saturated heterocycles. The van der Waals surface area contributed by atoms with Crippen molar-refractivity contribution >= 4 is 11.8 Å². The highest BCUT2D eigenvalue weighted by Crippen LogP contribution is 2.40. The summed E-state index contributed by atoms with van der Waals surface area (Å²) < 4.78 is 49.6. The van der Waals surface area contributed by atoms with Crippen molar-refractivity contribution in [3.05, 3.63) is 34.4 Å². The van der Waals surface area contributed by atoms with Crippen LogP contribution in [-0.2, 0) is 33.6 Å². The molecule has 0 saturated carbocycles. The summed E-state index contributed by atoms with van der Waals surface area (Å²) >= 11 is 0. The molecule has 2 aromatic rings. The average Bonchev–Trinajstić information content (AvgIpc) is 2.79. The monoisotopic (exact) mass is 483 g/mol. The lowest BCUT2D eigenvalue weighted by atomic mass is 9.95. The summed E-state index contributed by atoms with van der Waals surface area (Å²) in [6.45, 7) is 2.13. The van der Waals surface area contributed by atoms with Crippen molar-refractivity contribution in [1.82, 2.24) is 15.5 Å². The molecule has 2 heterocycles. The molecule has 1 aliphatic heterocycles. The van der Waals surface area contributed by atoms with Crippen molar-refractivity contribution in [1.29, 1.82) is 0 Å². The van der Waals surface area contributed by atoms with Gasteiger partial charge in [0.25, 0.3) is 0 Å². The zero-order valence-electron chi connectivity index (χ0n) is 19.1. The Hall–Kier alpha value is -2.96. The highest BCUT2D eigenvalue weighted by molar-refractivity contribution is 5.76. The molecule has 1 fully saturated rings. The van der Waals surface area contributed by atoms with Crippen LogP contribution in [0.4, 0.5) is 19.0 Å². The molecule has 1 aliphatic rings. The van der Waals surface area contributed by atoms with Gasteiger partial charge >= 0.3 is 12.1 Å². The Morgan fingerprint density at radius 2 is 2.03 bits per heavy atom. The molecule has 0 unspecified atom stereocenters. The van der Waals surface area contributed by atoms with Crippen LogP contribution in [0.1, 0.15) is 35.1 Å². The molecule has 3 rings (SSSR count). The van der Waals surface area contributed by atoms with Gasteiger partial charge in [0.15, 0.2) is 5.82 Å². The van der Waals surface area contributed by atoms with E-state index in [1.54, 1.807) is 6.92 Å². The van der Waals surface area contributed by atoms with Crippen LogP contribution in [0.5, 0.6) is 5.75 Å². The van der Waals surface area contributed by atoms with E-state index in [-0.39, 0.29) is 48.0 Å². The molecule has 1 aromatic carbocycles. The predicted octanol–water partition coefficient (Wildman–Crippen LogP) is 2.49. The molecule has 0 amide bonds. The number of nitrogens with two attached hydrogens (primary N) is 1. The van der Waals surface area contributed by atoms with Crippen LogP contribution in [0, 0.1) is 6.92 Å². The number of esters is 1. The molecule has 9 nitrogen and oxygen atoms in total. The van der Waals surface area contributed by atoms with E-state index in [0.717, 1.165) is 6.07 Å². The standard InChI is InChI=1S/C22H28F3N5O4/c1-11-15(8-26)20(28-14-4-5-16(27-9-14)21(32)34-3)30-29-19(11)18-12(10-33-2)6-13(7-17(18)31)22(23,24)25/h6-7,14,16,27,31H,4-5,8-10,26H2,1-3H3,(H,28,30)/t14-,16+/m1/s1. The number of halogens is 3. The summed E-state index contributed by atoms with van der Waals surface area (Å²) in [6, 6.07) is 1.18. The number of ether oxygens (including phenoxy) is 2. The number of nitrogens with one attached hydrogen (secondary N) is 2. The van der Waals surface area contributed by atoms with Gasteiger partial charge in [-0.3, -0.25) is 4.79 Å². The minimum atomic E-state index is -4.63. The summed E-state index contributed by atoms with van der Waals surface area (Å²) in [4.78, 5) is 11.7. The van der Waals surface area contributed by atoms with Crippen LogP contribution in [0.3, 0.4) is 0 Å². The fourth-order valence-electron chi connectivity index (χ4n) is 4.07. The van der Waals surface area contributed by atoms with Gasteiger partial charge in [-0.2, -0.15) is 13.2 Å². The summed E-state index contributed by atoms with van der Waals surface area (Å²) in [5.74, 6) is -0.454. The predicted molar refractivity (Wildman–Crippen MR) is 118 cm³/mol. The number of anilines is 1. The minimum Gasteiger partial charge on any atom is -0.507 e. The molecule has 34 heavy (non-hydrogen) atoms. The maximum absolute atomic E-state index is 13.2. The Morgan fingerprint density at radius 1 is 1.29 bits per heavy atom.